The Labute approximate surface area is 480 Å². The van der Waals surface area contributed by atoms with Gasteiger partial charge in [-0.15, -0.1) is 0 Å². The summed E-state index contributed by atoms with van der Waals surface area (Å²) in [4.78, 5) is 163. The van der Waals surface area contributed by atoms with Crippen molar-refractivity contribution in [2.45, 2.75) is 159 Å². The molecule has 0 bridgehead atoms. The number of nitrogens with zero attached hydrogens (tertiary/aromatic N) is 2. The second-order valence-electron chi connectivity index (χ2n) is 20.9. The first-order chi connectivity index (χ1) is 38.7. The highest BCUT2D eigenvalue weighted by atomic mass is 32.1. The summed E-state index contributed by atoms with van der Waals surface area (Å²) in [6.45, 7) is 7.19. The number of rotatable bonds is 30. The molecule has 11 amide bonds. The van der Waals surface area contributed by atoms with Crippen molar-refractivity contribution in [1.29, 1.82) is 0 Å². The van der Waals surface area contributed by atoms with Crippen LogP contribution in [-0.4, -0.2) is 188 Å². The number of aliphatic hydroxyl groups excluding tert-OH is 1. The molecule has 0 unspecified atom stereocenters. The summed E-state index contributed by atoms with van der Waals surface area (Å²) >= 11 is 4.19. The third-order valence-electron chi connectivity index (χ3n) is 13.7. The first-order valence-corrected chi connectivity index (χ1v) is 27.7. The summed E-state index contributed by atoms with van der Waals surface area (Å²) in [6.07, 6.45) is -1.25. The molecule has 0 aliphatic carbocycles. The number of nitrogens with two attached hydrogens (primary N) is 2. The van der Waals surface area contributed by atoms with Crippen molar-refractivity contribution in [3.05, 3.63) is 65.7 Å². The zero-order chi connectivity index (χ0) is 61.0. The highest BCUT2D eigenvalue weighted by Crippen LogP contribution is 2.22. The van der Waals surface area contributed by atoms with E-state index in [1.807, 2.05) is 0 Å². The molecule has 0 spiro atoms. The number of carbonyl (C=O) groups excluding carboxylic acids is 11. The Morgan fingerprint density at radius 3 is 1.71 bits per heavy atom. The first-order valence-electron chi connectivity index (χ1n) is 27.1. The van der Waals surface area contributed by atoms with Crippen LogP contribution in [0, 0.1) is 5.92 Å². The Morgan fingerprint density at radius 1 is 0.622 bits per heavy atom. The largest absolute Gasteiger partial charge is 0.508 e. The van der Waals surface area contributed by atoms with Crippen LogP contribution in [0.1, 0.15) is 90.7 Å². The van der Waals surface area contributed by atoms with E-state index in [0.29, 0.717) is 30.4 Å². The van der Waals surface area contributed by atoms with Crippen molar-refractivity contribution in [2.24, 2.45) is 17.4 Å². The normalized spacial score (nSPS) is 18.2. The highest BCUT2D eigenvalue weighted by molar-refractivity contribution is 7.80. The van der Waals surface area contributed by atoms with Crippen LogP contribution in [0.3, 0.4) is 0 Å². The van der Waals surface area contributed by atoms with Crippen molar-refractivity contribution in [2.75, 3.05) is 25.4 Å². The van der Waals surface area contributed by atoms with Crippen molar-refractivity contribution in [1.82, 2.24) is 52.3 Å². The van der Waals surface area contributed by atoms with Gasteiger partial charge in [0.15, 0.2) is 0 Å². The Balaban J connectivity index is 1.44. The van der Waals surface area contributed by atoms with Gasteiger partial charge in [-0.25, -0.2) is 4.79 Å². The highest BCUT2D eigenvalue weighted by Gasteiger charge is 2.41. The summed E-state index contributed by atoms with van der Waals surface area (Å²) in [6, 6.07) is 1.37. The Bertz CT molecular complexity index is 2610. The maximum atomic E-state index is 14.3. The number of nitrogens with one attached hydrogen (secondary N) is 8. The van der Waals surface area contributed by atoms with Gasteiger partial charge < -0.3 is 79.1 Å². The summed E-state index contributed by atoms with van der Waals surface area (Å²) in [5.74, 6) is -10.8. The summed E-state index contributed by atoms with van der Waals surface area (Å²) in [5.41, 5.74) is 12.3. The van der Waals surface area contributed by atoms with Gasteiger partial charge in [-0.1, -0.05) is 56.3 Å². The minimum atomic E-state index is -1.77. The quantitative estimate of drug-likeness (QED) is 0.0342. The van der Waals surface area contributed by atoms with Gasteiger partial charge in [-0.2, -0.15) is 12.6 Å². The lowest BCUT2D eigenvalue weighted by atomic mass is 10.0. The standard InChI is InChI=1S/C54H78N12O15S/c1-28(2)23-38(54(80)81)62-45(71)30(4)58-49(75)40-13-10-22-66(40)53(79)37(25-33-15-17-34(68)18-16-33)59-43(70)26-57-46(72)39(27-82)63-47(73)35(19-20-42(56)69)60-51(77)44(31(5)67)64-48(74)36(24-32-11-7-6-8-12-32)61-50(76)41-14-9-21-65(41)52(78)29(3)55/h6-8,11-12,15-18,28-31,35-41,44,67-68,82H,9-10,13-14,19-27,55H2,1-5H3,(H2,56,69)(H,57,72)(H,58,75)(H,59,70)(H,60,77)(H,61,76)(H,62,71)(H,63,73)(H,64,74)(H,80,81)/t29-,30-,31+,35-,36-,37-,38-,39-,40-,41-,44-/m0/s1. The van der Waals surface area contributed by atoms with Crippen LogP contribution >= 0.6 is 12.6 Å². The fourth-order valence-electron chi connectivity index (χ4n) is 9.31. The number of aromatic hydroxyl groups is 1. The predicted octanol–water partition coefficient (Wildman–Crippen LogP) is -3.26. The molecule has 15 N–H and O–H groups in total. The topological polar surface area (TPSA) is 420 Å². The van der Waals surface area contributed by atoms with Crippen molar-refractivity contribution >= 4 is 83.6 Å². The van der Waals surface area contributed by atoms with Gasteiger partial charge in [0.25, 0.3) is 0 Å². The van der Waals surface area contributed by atoms with Crippen LogP contribution in [0.25, 0.3) is 0 Å². The van der Waals surface area contributed by atoms with Gasteiger partial charge in [-0.05, 0) is 88.5 Å². The van der Waals surface area contributed by atoms with E-state index in [0.717, 1.165) is 0 Å². The van der Waals surface area contributed by atoms with Gasteiger partial charge in [-0.3, -0.25) is 52.7 Å². The SMILES string of the molecule is CC(C)C[C@H](NC(=O)[C@H](C)NC(=O)[C@@H]1CCCN1C(=O)[C@H](Cc1ccc(O)cc1)NC(=O)CNC(=O)[C@H](CS)NC(=O)[C@H](CCC(N)=O)NC(=O)[C@@H](NC(=O)[C@H](Cc1ccccc1)NC(=O)[C@@H]1CCCN1C(=O)[C@H](C)N)[C@@H](C)O)C(=O)O. The van der Waals surface area contributed by atoms with Crippen LogP contribution < -0.4 is 54.0 Å². The number of aliphatic carboxylic acids is 1. The molecule has 82 heavy (non-hydrogen) atoms. The van der Waals surface area contributed by atoms with E-state index in [1.165, 1.54) is 54.8 Å². The molecule has 450 valence electrons. The van der Waals surface area contributed by atoms with Gasteiger partial charge in [0, 0.05) is 38.1 Å². The summed E-state index contributed by atoms with van der Waals surface area (Å²) in [7, 11) is 0. The second kappa shape index (κ2) is 32.0. The minimum Gasteiger partial charge on any atom is -0.508 e. The molecule has 0 aromatic heterocycles. The second-order valence-corrected chi connectivity index (χ2v) is 21.3. The Kier molecular flexibility index (Phi) is 26.0. The third-order valence-corrected chi connectivity index (χ3v) is 14.0. The number of likely N-dealkylation sites (tertiary alicyclic amines) is 2. The number of carboxylic acids is 1. The van der Waals surface area contributed by atoms with E-state index < -0.39 is 157 Å². The fraction of sp³-hybridized carbons (Fsp3) is 0.556. The number of hydrogen-bond acceptors (Lipinski definition) is 16. The minimum absolute atomic E-state index is 0.0619. The first kappa shape index (κ1) is 66.7. The number of thiol groups is 1. The zero-order valence-electron chi connectivity index (χ0n) is 46.6. The van der Waals surface area contributed by atoms with Crippen molar-refractivity contribution < 1.29 is 72.9 Å². The molecule has 2 aromatic carbocycles. The number of aliphatic hydroxyl groups is 1. The van der Waals surface area contributed by atoms with Crippen molar-refractivity contribution in [3.63, 3.8) is 0 Å². The fourth-order valence-corrected chi connectivity index (χ4v) is 9.56. The molecular formula is C54H78N12O15S. The Morgan fingerprint density at radius 2 is 1.16 bits per heavy atom. The molecular weight excluding hydrogens is 1090 g/mol. The van der Waals surface area contributed by atoms with Gasteiger partial charge >= 0.3 is 5.97 Å². The summed E-state index contributed by atoms with van der Waals surface area (Å²) in [5, 5.41) is 50.1. The van der Waals surface area contributed by atoms with Crippen LogP contribution in [-0.2, 0) is 70.4 Å². The van der Waals surface area contributed by atoms with E-state index in [4.69, 9.17) is 11.5 Å². The number of carbonyl (C=O) groups is 12. The van der Waals surface area contributed by atoms with Crippen LogP contribution in [0.4, 0.5) is 0 Å². The zero-order valence-corrected chi connectivity index (χ0v) is 47.4. The Hall–Kier alpha value is -7.85. The number of primary amides is 1. The third kappa shape index (κ3) is 20.3. The average molecular weight is 1170 g/mol. The monoisotopic (exact) mass is 1170 g/mol. The number of carboxylic acid groups (broad SMARTS) is 1. The van der Waals surface area contributed by atoms with Crippen molar-refractivity contribution in [3.8, 4) is 5.75 Å². The van der Waals surface area contributed by atoms with Gasteiger partial charge in [0.1, 0.15) is 60.1 Å². The lowest BCUT2D eigenvalue weighted by molar-refractivity contribution is -0.143. The summed E-state index contributed by atoms with van der Waals surface area (Å²) < 4.78 is 0. The van der Waals surface area contributed by atoms with E-state index in [2.05, 4.69) is 55.2 Å². The molecule has 4 rings (SSSR count). The van der Waals surface area contributed by atoms with Crippen LogP contribution in [0.5, 0.6) is 5.75 Å². The van der Waals surface area contributed by atoms with Crippen LogP contribution in [0.2, 0.25) is 0 Å². The van der Waals surface area contributed by atoms with E-state index in [-0.39, 0.29) is 56.2 Å². The molecule has 11 atom stereocenters. The number of phenols is 1. The van der Waals surface area contributed by atoms with Crippen LogP contribution in [0.15, 0.2) is 54.6 Å². The smallest absolute Gasteiger partial charge is 0.326 e. The van der Waals surface area contributed by atoms with E-state index in [9.17, 15) is 72.9 Å². The molecule has 2 saturated heterocycles. The van der Waals surface area contributed by atoms with E-state index in [1.54, 1.807) is 44.2 Å². The molecule has 2 aliphatic rings. The molecule has 2 fully saturated rings. The lowest BCUT2D eigenvalue weighted by Crippen LogP contribution is -2.62. The molecule has 2 heterocycles. The van der Waals surface area contributed by atoms with E-state index >= 15 is 0 Å². The maximum absolute atomic E-state index is 14.3. The molecule has 27 nitrogen and oxygen atoms in total. The number of hydrogen-bond donors (Lipinski definition) is 14. The average Bonchev–Trinajstić information content (AvgIpc) is 4.34. The number of phenolic OH excluding ortho intramolecular Hbond substituents is 1. The molecule has 28 heteroatoms. The predicted molar refractivity (Wildman–Crippen MR) is 298 cm³/mol. The van der Waals surface area contributed by atoms with Gasteiger partial charge in [0.2, 0.25) is 65.0 Å². The number of benzene rings is 2. The number of amides is 11. The molecule has 0 saturated carbocycles. The lowest BCUT2D eigenvalue weighted by Gasteiger charge is -2.30. The molecule has 0 radical (unpaired) electrons. The maximum Gasteiger partial charge on any atom is 0.326 e. The molecule has 2 aromatic rings. The van der Waals surface area contributed by atoms with Gasteiger partial charge in [0.05, 0.1) is 18.7 Å². The molecule has 2 aliphatic heterocycles.